The maximum absolute atomic E-state index is 11.0. The Morgan fingerprint density at radius 3 is 2.70 bits per heavy atom. The van der Waals surface area contributed by atoms with Crippen LogP contribution in [0.1, 0.15) is 18.6 Å². The number of nitrogens with two attached hydrogens (primary N) is 1. The Morgan fingerprint density at radius 1 is 1.30 bits per heavy atom. The van der Waals surface area contributed by atoms with E-state index in [0.29, 0.717) is 16.3 Å². The van der Waals surface area contributed by atoms with E-state index in [2.05, 4.69) is 0 Å². The summed E-state index contributed by atoms with van der Waals surface area (Å²) in [4.78, 5) is 21.3. The first kappa shape index (κ1) is 16.6. The van der Waals surface area contributed by atoms with Gasteiger partial charge in [-0.25, -0.2) is 4.79 Å². The summed E-state index contributed by atoms with van der Waals surface area (Å²) in [6, 6.07) is 10.6. The summed E-state index contributed by atoms with van der Waals surface area (Å²) in [7, 11) is 0. The Labute approximate surface area is 136 Å². The highest BCUT2D eigenvalue weighted by molar-refractivity contribution is 6.30. The van der Waals surface area contributed by atoms with Gasteiger partial charge in [0.15, 0.2) is 0 Å². The number of halogens is 1. The van der Waals surface area contributed by atoms with E-state index in [0.717, 1.165) is 0 Å². The summed E-state index contributed by atoms with van der Waals surface area (Å²) >= 11 is 5.85. The lowest BCUT2D eigenvalue weighted by Crippen LogP contribution is -2.15. The van der Waals surface area contributed by atoms with Gasteiger partial charge in [0.1, 0.15) is 11.9 Å². The number of rotatable bonds is 5. The smallest absolute Gasteiger partial charge is 0.405 e. The molecule has 8 heteroatoms. The Balaban J connectivity index is 2.29. The highest BCUT2D eigenvalue weighted by Gasteiger charge is 2.17. The molecule has 2 rings (SSSR count). The second-order valence-electron chi connectivity index (χ2n) is 4.62. The molecule has 0 saturated heterocycles. The standard InChI is InChI=1S/C15H13ClN2O5/c1-9(22-15(17)19)10-3-2-4-12(7-10)23-14-8-11(16)5-6-13(14)18(20)21/h2-9H,1H3,(H2,17,19)/t9-/m0/s1. The molecule has 0 spiro atoms. The molecule has 0 unspecified atom stereocenters. The number of nitrogens with zero attached hydrogens (tertiary/aromatic N) is 1. The molecule has 120 valence electrons. The third-order valence-electron chi connectivity index (χ3n) is 2.97. The fraction of sp³-hybridized carbons (Fsp3) is 0.133. The molecular formula is C15H13ClN2O5. The van der Waals surface area contributed by atoms with Crippen molar-refractivity contribution < 1.29 is 19.2 Å². The van der Waals surface area contributed by atoms with Crippen LogP contribution in [-0.4, -0.2) is 11.0 Å². The zero-order valence-corrected chi connectivity index (χ0v) is 12.8. The van der Waals surface area contributed by atoms with Crippen molar-refractivity contribution in [2.75, 3.05) is 0 Å². The molecule has 0 aliphatic carbocycles. The van der Waals surface area contributed by atoms with E-state index in [1.165, 1.54) is 18.2 Å². The van der Waals surface area contributed by atoms with Gasteiger partial charge in [-0.2, -0.15) is 0 Å². The Morgan fingerprint density at radius 2 is 2.04 bits per heavy atom. The molecule has 2 aromatic carbocycles. The number of benzene rings is 2. The molecule has 0 bridgehead atoms. The quantitative estimate of drug-likeness (QED) is 0.650. The Kier molecular flexibility index (Phi) is 5.02. The average molecular weight is 337 g/mol. The fourth-order valence-electron chi connectivity index (χ4n) is 1.92. The minimum atomic E-state index is -0.894. The number of hydrogen-bond acceptors (Lipinski definition) is 5. The van der Waals surface area contributed by atoms with E-state index in [9.17, 15) is 14.9 Å². The first-order valence-electron chi connectivity index (χ1n) is 6.54. The number of ether oxygens (including phenoxy) is 2. The molecule has 0 radical (unpaired) electrons. The third-order valence-corrected chi connectivity index (χ3v) is 3.20. The number of carbonyl (C=O) groups is 1. The van der Waals surface area contributed by atoms with Crippen molar-refractivity contribution in [1.82, 2.24) is 0 Å². The number of primary amides is 1. The summed E-state index contributed by atoms with van der Waals surface area (Å²) in [5, 5.41) is 11.3. The van der Waals surface area contributed by atoms with Crippen LogP contribution in [0.15, 0.2) is 42.5 Å². The van der Waals surface area contributed by atoms with Gasteiger partial charge in [-0.1, -0.05) is 23.7 Å². The van der Waals surface area contributed by atoms with Crippen molar-refractivity contribution in [2.45, 2.75) is 13.0 Å². The van der Waals surface area contributed by atoms with Gasteiger partial charge in [0.25, 0.3) is 0 Å². The Bertz CT molecular complexity index is 750. The van der Waals surface area contributed by atoms with E-state index < -0.39 is 17.1 Å². The summed E-state index contributed by atoms with van der Waals surface area (Å²) in [6.45, 7) is 1.64. The van der Waals surface area contributed by atoms with Crippen molar-refractivity contribution >= 4 is 23.4 Å². The van der Waals surface area contributed by atoms with Gasteiger partial charge in [-0.05, 0) is 30.7 Å². The minimum absolute atomic E-state index is 0.0168. The lowest BCUT2D eigenvalue weighted by atomic mass is 10.1. The van der Waals surface area contributed by atoms with Crippen LogP contribution in [0, 0.1) is 10.1 Å². The van der Waals surface area contributed by atoms with E-state index in [4.69, 9.17) is 26.8 Å². The zero-order chi connectivity index (χ0) is 17.0. The molecule has 0 aromatic heterocycles. The molecule has 23 heavy (non-hydrogen) atoms. The first-order valence-corrected chi connectivity index (χ1v) is 6.92. The number of nitro benzene ring substituents is 1. The van der Waals surface area contributed by atoms with E-state index in [1.54, 1.807) is 31.2 Å². The van der Waals surface area contributed by atoms with Crippen molar-refractivity contribution in [2.24, 2.45) is 5.73 Å². The third kappa shape index (κ3) is 4.33. The van der Waals surface area contributed by atoms with Crippen molar-refractivity contribution in [3.8, 4) is 11.5 Å². The molecule has 0 heterocycles. The van der Waals surface area contributed by atoms with Crippen molar-refractivity contribution in [3.63, 3.8) is 0 Å². The molecule has 0 fully saturated rings. The van der Waals surface area contributed by atoms with Gasteiger partial charge >= 0.3 is 11.8 Å². The van der Waals surface area contributed by atoms with Gasteiger partial charge in [-0.15, -0.1) is 0 Å². The van der Waals surface area contributed by atoms with Gasteiger partial charge < -0.3 is 15.2 Å². The Hall–Kier alpha value is -2.80. The number of nitro groups is 1. The van der Waals surface area contributed by atoms with Crippen LogP contribution in [0.25, 0.3) is 0 Å². The molecule has 1 atom stereocenters. The summed E-state index contributed by atoms with van der Waals surface area (Å²) in [5.74, 6) is 0.357. The van der Waals surface area contributed by atoms with Gasteiger partial charge in [0.05, 0.1) is 4.92 Å². The van der Waals surface area contributed by atoms with Crippen LogP contribution in [0.4, 0.5) is 10.5 Å². The maximum Gasteiger partial charge on any atom is 0.405 e. The normalized spacial score (nSPS) is 11.6. The number of amides is 1. The van der Waals surface area contributed by atoms with Crippen LogP contribution < -0.4 is 10.5 Å². The lowest BCUT2D eigenvalue weighted by Gasteiger charge is -2.13. The van der Waals surface area contributed by atoms with E-state index in [-0.39, 0.29) is 11.4 Å². The molecule has 1 amide bonds. The molecule has 2 N–H and O–H groups in total. The zero-order valence-electron chi connectivity index (χ0n) is 12.1. The minimum Gasteiger partial charge on any atom is -0.450 e. The molecule has 0 aliphatic heterocycles. The van der Waals surface area contributed by atoms with Crippen molar-refractivity contribution in [3.05, 3.63) is 63.2 Å². The van der Waals surface area contributed by atoms with Gasteiger partial charge in [-0.3, -0.25) is 10.1 Å². The van der Waals surface area contributed by atoms with E-state index in [1.807, 2.05) is 0 Å². The molecule has 0 aliphatic rings. The van der Waals surface area contributed by atoms with Gasteiger partial charge in [0.2, 0.25) is 5.75 Å². The SMILES string of the molecule is C[C@H](OC(N)=O)c1cccc(Oc2cc(Cl)ccc2[N+](=O)[O-])c1. The summed E-state index contributed by atoms with van der Waals surface area (Å²) in [5.41, 5.74) is 5.40. The number of hydrogen-bond donors (Lipinski definition) is 1. The first-order chi connectivity index (χ1) is 10.9. The predicted molar refractivity (Wildman–Crippen MR) is 83.7 cm³/mol. The summed E-state index contributed by atoms with van der Waals surface area (Å²) < 4.78 is 10.4. The topological polar surface area (TPSA) is 105 Å². The molecule has 2 aromatic rings. The fourth-order valence-corrected chi connectivity index (χ4v) is 2.08. The number of carbonyl (C=O) groups excluding carboxylic acids is 1. The monoisotopic (exact) mass is 336 g/mol. The van der Waals surface area contributed by atoms with E-state index >= 15 is 0 Å². The molecule has 7 nitrogen and oxygen atoms in total. The van der Waals surface area contributed by atoms with Crippen LogP contribution in [-0.2, 0) is 4.74 Å². The lowest BCUT2D eigenvalue weighted by molar-refractivity contribution is -0.385. The van der Waals surface area contributed by atoms with Crippen molar-refractivity contribution in [1.29, 1.82) is 0 Å². The molecule has 0 saturated carbocycles. The highest BCUT2D eigenvalue weighted by Crippen LogP contribution is 2.34. The van der Waals surface area contributed by atoms with Crippen LogP contribution >= 0.6 is 11.6 Å². The second-order valence-corrected chi connectivity index (χ2v) is 5.06. The molecular weight excluding hydrogens is 324 g/mol. The maximum atomic E-state index is 11.0. The van der Waals surface area contributed by atoms with Gasteiger partial charge in [0, 0.05) is 17.2 Å². The largest absolute Gasteiger partial charge is 0.450 e. The van der Waals surface area contributed by atoms with Crippen LogP contribution in [0.5, 0.6) is 11.5 Å². The predicted octanol–water partition coefficient (Wildman–Crippen LogP) is 4.20. The second kappa shape index (κ2) is 6.97. The highest BCUT2D eigenvalue weighted by atomic mass is 35.5. The summed E-state index contributed by atoms with van der Waals surface area (Å²) in [6.07, 6.45) is -1.47. The van der Waals surface area contributed by atoms with Crippen LogP contribution in [0.2, 0.25) is 5.02 Å². The average Bonchev–Trinajstić information content (AvgIpc) is 2.46. The van der Waals surface area contributed by atoms with Crippen LogP contribution in [0.3, 0.4) is 0 Å².